The van der Waals surface area contributed by atoms with Crippen molar-refractivity contribution < 1.29 is 0 Å². The Labute approximate surface area is 122 Å². The maximum Gasteiger partial charge on any atom is 0.161 e. The van der Waals surface area contributed by atoms with Crippen LogP contribution in [0.15, 0.2) is 33.7 Å². The van der Waals surface area contributed by atoms with Crippen LogP contribution in [0.5, 0.6) is 0 Å². The van der Waals surface area contributed by atoms with Gasteiger partial charge in [-0.1, -0.05) is 48.5 Å². The summed E-state index contributed by atoms with van der Waals surface area (Å²) in [5.41, 5.74) is 1.34. The third-order valence-electron chi connectivity index (χ3n) is 3.00. The molecule has 1 aliphatic heterocycles. The minimum Gasteiger partial charge on any atom is -0.335 e. The standard InChI is InChI=1S/C14H19BrN2S/c1-14(2,3)12-8-9-18-13(17-12)16-11-6-4-10(15)5-7-11/h4-7,12H,8-9H2,1-3H3,(H,16,17). The lowest BCUT2D eigenvalue weighted by Gasteiger charge is -2.31. The summed E-state index contributed by atoms with van der Waals surface area (Å²) in [5, 5.41) is 4.45. The Morgan fingerprint density at radius 3 is 2.56 bits per heavy atom. The maximum atomic E-state index is 4.83. The molecule has 1 unspecified atom stereocenters. The van der Waals surface area contributed by atoms with Crippen molar-refractivity contribution in [3.8, 4) is 0 Å². The van der Waals surface area contributed by atoms with Crippen LogP contribution in [0.2, 0.25) is 0 Å². The van der Waals surface area contributed by atoms with Crippen molar-refractivity contribution >= 4 is 38.5 Å². The Balaban J connectivity index is 2.09. The summed E-state index contributed by atoms with van der Waals surface area (Å²) < 4.78 is 1.10. The molecule has 0 aromatic heterocycles. The van der Waals surface area contributed by atoms with Gasteiger partial charge in [-0.05, 0) is 36.1 Å². The van der Waals surface area contributed by atoms with Gasteiger partial charge in [0.05, 0.1) is 6.04 Å². The fraction of sp³-hybridized carbons (Fsp3) is 0.500. The van der Waals surface area contributed by atoms with Crippen molar-refractivity contribution in [2.24, 2.45) is 10.4 Å². The van der Waals surface area contributed by atoms with Gasteiger partial charge in [0, 0.05) is 15.9 Å². The molecule has 1 heterocycles. The van der Waals surface area contributed by atoms with Crippen LogP contribution in [0.3, 0.4) is 0 Å². The molecule has 98 valence electrons. The molecule has 0 saturated carbocycles. The normalized spacial score (nSPS) is 20.4. The molecule has 0 aliphatic carbocycles. The highest BCUT2D eigenvalue weighted by Crippen LogP contribution is 2.31. The van der Waals surface area contributed by atoms with Crippen LogP contribution in [0, 0.1) is 5.41 Å². The number of thioether (sulfide) groups is 1. The lowest BCUT2D eigenvalue weighted by molar-refractivity contribution is 0.316. The number of hydrogen-bond donors (Lipinski definition) is 1. The van der Waals surface area contributed by atoms with Crippen molar-refractivity contribution in [3.05, 3.63) is 28.7 Å². The van der Waals surface area contributed by atoms with Crippen LogP contribution < -0.4 is 5.32 Å². The van der Waals surface area contributed by atoms with Gasteiger partial charge >= 0.3 is 0 Å². The van der Waals surface area contributed by atoms with E-state index in [9.17, 15) is 0 Å². The van der Waals surface area contributed by atoms with E-state index >= 15 is 0 Å². The molecule has 0 amide bonds. The molecule has 4 heteroatoms. The summed E-state index contributed by atoms with van der Waals surface area (Å²) in [6.07, 6.45) is 1.17. The SMILES string of the molecule is CC(C)(C)C1CCSC(Nc2ccc(Br)cc2)=N1. The number of benzene rings is 1. The molecule has 2 nitrogen and oxygen atoms in total. The van der Waals surface area contributed by atoms with Crippen LogP contribution in [0.1, 0.15) is 27.2 Å². The van der Waals surface area contributed by atoms with Crippen LogP contribution in [0.4, 0.5) is 5.69 Å². The predicted octanol–water partition coefficient (Wildman–Crippen LogP) is 4.77. The average Bonchev–Trinajstić information content (AvgIpc) is 2.31. The Morgan fingerprint density at radius 2 is 1.94 bits per heavy atom. The quantitative estimate of drug-likeness (QED) is 0.803. The predicted molar refractivity (Wildman–Crippen MR) is 85.5 cm³/mol. The average molecular weight is 327 g/mol. The van der Waals surface area contributed by atoms with Crippen molar-refractivity contribution in [2.75, 3.05) is 11.1 Å². The van der Waals surface area contributed by atoms with Crippen molar-refractivity contribution in [3.63, 3.8) is 0 Å². The highest BCUT2D eigenvalue weighted by Gasteiger charge is 2.27. The monoisotopic (exact) mass is 326 g/mol. The Hall–Kier alpha value is -0.480. The zero-order valence-corrected chi connectivity index (χ0v) is 13.4. The minimum absolute atomic E-state index is 0.244. The Kier molecular flexibility index (Phi) is 4.38. The smallest absolute Gasteiger partial charge is 0.161 e. The molecule has 0 radical (unpaired) electrons. The molecule has 1 aromatic carbocycles. The summed E-state index contributed by atoms with van der Waals surface area (Å²) in [7, 11) is 0. The molecule has 0 fully saturated rings. The van der Waals surface area contributed by atoms with Crippen LogP contribution in [0.25, 0.3) is 0 Å². The molecule has 1 atom stereocenters. The van der Waals surface area contributed by atoms with E-state index in [1.54, 1.807) is 0 Å². The van der Waals surface area contributed by atoms with Crippen molar-refractivity contribution in [2.45, 2.75) is 33.2 Å². The molecular weight excluding hydrogens is 308 g/mol. The largest absolute Gasteiger partial charge is 0.335 e. The zero-order valence-electron chi connectivity index (χ0n) is 11.0. The highest BCUT2D eigenvalue weighted by molar-refractivity contribution is 9.10. The number of nitrogens with one attached hydrogen (secondary N) is 1. The van der Waals surface area contributed by atoms with Crippen molar-refractivity contribution in [1.29, 1.82) is 0 Å². The molecule has 1 aromatic rings. The first kappa shape index (κ1) is 13.9. The van der Waals surface area contributed by atoms with Gasteiger partial charge in [0.2, 0.25) is 0 Å². The first-order valence-electron chi connectivity index (χ1n) is 6.18. The van der Waals surface area contributed by atoms with E-state index in [-0.39, 0.29) is 5.41 Å². The van der Waals surface area contributed by atoms with Gasteiger partial charge in [-0.2, -0.15) is 0 Å². The van der Waals surface area contributed by atoms with Crippen LogP contribution in [-0.2, 0) is 0 Å². The first-order chi connectivity index (χ1) is 8.45. The number of rotatable bonds is 1. The molecular formula is C14H19BrN2S. The molecule has 1 aliphatic rings. The van der Waals surface area contributed by atoms with Gasteiger partial charge in [-0.3, -0.25) is 4.99 Å². The Bertz CT molecular complexity index is 434. The van der Waals surface area contributed by atoms with E-state index in [0.29, 0.717) is 6.04 Å². The first-order valence-corrected chi connectivity index (χ1v) is 7.96. The lowest BCUT2D eigenvalue weighted by Crippen LogP contribution is -2.30. The van der Waals surface area contributed by atoms with Gasteiger partial charge in [-0.25, -0.2) is 0 Å². The molecule has 1 N–H and O–H groups in total. The highest BCUT2D eigenvalue weighted by atomic mass is 79.9. The summed E-state index contributed by atoms with van der Waals surface area (Å²) in [5.74, 6) is 1.14. The minimum atomic E-state index is 0.244. The van der Waals surface area contributed by atoms with Crippen molar-refractivity contribution in [1.82, 2.24) is 0 Å². The molecule has 2 rings (SSSR count). The fourth-order valence-electron chi connectivity index (χ4n) is 1.86. The van der Waals surface area contributed by atoms with Crippen LogP contribution in [-0.4, -0.2) is 17.0 Å². The second-order valence-corrected chi connectivity index (χ2v) is 7.58. The summed E-state index contributed by atoms with van der Waals surface area (Å²) in [6.45, 7) is 6.78. The molecule has 0 saturated heterocycles. The molecule has 18 heavy (non-hydrogen) atoms. The van der Waals surface area contributed by atoms with Crippen LogP contribution >= 0.6 is 27.7 Å². The summed E-state index contributed by atoms with van der Waals surface area (Å²) >= 11 is 5.25. The van der Waals surface area contributed by atoms with E-state index in [2.05, 4.69) is 54.2 Å². The number of aliphatic imine (C=N–C) groups is 1. The maximum absolute atomic E-state index is 4.83. The van der Waals surface area contributed by atoms with E-state index < -0.39 is 0 Å². The summed E-state index contributed by atoms with van der Waals surface area (Å²) in [4.78, 5) is 4.83. The molecule has 0 bridgehead atoms. The summed E-state index contributed by atoms with van der Waals surface area (Å²) in [6, 6.07) is 8.62. The zero-order chi connectivity index (χ0) is 13.2. The number of anilines is 1. The lowest BCUT2D eigenvalue weighted by atomic mass is 9.85. The fourth-order valence-corrected chi connectivity index (χ4v) is 3.05. The topological polar surface area (TPSA) is 24.4 Å². The van der Waals surface area contributed by atoms with Gasteiger partial charge in [-0.15, -0.1) is 0 Å². The number of halogens is 1. The Morgan fingerprint density at radius 1 is 1.28 bits per heavy atom. The number of nitrogens with zero attached hydrogens (tertiary/aromatic N) is 1. The van der Waals surface area contributed by atoms with E-state index in [0.717, 1.165) is 21.1 Å². The van der Waals surface area contributed by atoms with Gasteiger partial charge < -0.3 is 5.32 Å². The third-order valence-corrected chi connectivity index (χ3v) is 4.45. The number of amidine groups is 1. The second-order valence-electron chi connectivity index (χ2n) is 5.59. The molecule has 0 spiro atoms. The van der Waals surface area contributed by atoms with Gasteiger partial charge in [0.15, 0.2) is 5.17 Å². The number of hydrogen-bond acceptors (Lipinski definition) is 3. The van der Waals surface area contributed by atoms with E-state index in [1.807, 2.05) is 23.9 Å². The second kappa shape index (κ2) is 5.66. The van der Waals surface area contributed by atoms with E-state index in [4.69, 9.17) is 4.99 Å². The van der Waals surface area contributed by atoms with E-state index in [1.165, 1.54) is 6.42 Å². The van der Waals surface area contributed by atoms with Gasteiger partial charge in [0.25, 0.3) is 0 Å². The third kappa shape index (κ3) is 3.75. The van der Waals surface area contributed by atoms with Gasteiger partial charge in [0.1, 0.15) is 0 Å².